The summed E-state index contributed by atoms with van der Waals surface area (Å²) in [7, 11) is 0. The van der Waals surface area contributed by atoms with Gasteiger partial charge in [0.25, 0.3) is 0 Å². The van der Waals surface area contributed by atoms with E-state index in [-0.39, 0.29) is 12.1 Å². The summed E-state index contributed by atoms with van der Waals surface area (Å²) in [6, 6.07) is 63.0. The second kappa shape index (κ2) is 11.7. The molecular formula is C46H34BN3. The highest BCUT2D eigenvalue weighted by atomic mass is 15.2. The van der Waals surface area contributed by atoms with Crippen LogP contribution in [-0.2, 0) is 5.41 Å². The number of rotatable bonds is 4. The average Bonchev–Trinajstić information content (AvgIpc) is 3.17. The van der Waals surface area contributed by atoms with Crippen LogP contribution in [0.3, 0.4) is 0 Å². The first-order chi connectivity index (χ1) is 24.6. The van der Waals surface area contributed by atoms with Crippen LogP contribution in [0.15, 0.2) is 170 Å². The molecule has 0 atom stereocenters. The molecule has 3 nitrogen and oxygen atoms in total. The van der Waals surface area contributed by atoms with Gasteiger partial charge < -0.3 is 9.80 Å². The van der Waals surface area contributed by atoms with E-state index in [4.69, 9.17) is 0 Å². The summed E-state index contributed by atoms with van der Waals surface area (Å²) in [6.07, 6.45) is 0. The van der Waals surface area contributed by atoms with Crippen LogP contribution < -0.4 is 26.2 Å². The van der Waals surface area contributed by atoms with E-state index < -0.39 is 0 Å². The molecule has 0 aliphatic carbocycles. The average molecular weight is 640 g/mol. The predicted molar refractivity (Wildman–Crippen MR) is 209 cm³/mol. The molecule has 2 aliphatic rings. The molecule has 9 rings (SSSR count). The number of anilines is 6. The molecule has 0 radical (unpaired) electrons. The molecule has 2 aliphatic heterocycles. The molecule has 0 unspecified atom stereocenters. The van der Waals surface area contributed by atoms with Gasteiger partial charge in [0.05, 0.1) is 23.1 Å². The Morgan fingerprint density at radius 2 is 0.940 bits per heavy atom. The maximum atomic E-state index is 10.8. The first-order valence-corrected chi connectivity index (χ1v) is 17.2. The SMILES string of the molecule is CC1(C)c2ccccc2N(c2ccccc2-c2cccc(C#N)c2B2c3ccccc3N(c3ccccc3)c3ccccc32)c2ccccc21. The van der Waals surface area contributed by atoms with Gasteiger partial charge >= 0.3 is 0 Å². The van der Waals surface area contributed by atoms with Gasteiger partial charge in [-0.25, -0.2) is 0 Å². The van der Waals surface area contributed by atoms with Gasteiger partial charge in [-0.3, -0.25) is 0 Å². The van der Waals surface area contributed by atoms with E-state index in [1.165, 1.54) is 33.4 Å². The van der Waals surface area contributed by atoms with Gasteiger partial charge in [0.1, 0.15) is 0 Å². The van der Waals surface area contributed by atoms with E-state index >= 15 is 0 Å². The van der Waals surface area contributed by atoms with Crippen molar-refractivity contribution in [3.05, 3.63) is 187 Å². The van der Waals surface area contributed by atoms with Gasteiger partial charge in [-0.15, -0.1) is 0 Å². The molecule has 0 saturated heterocycles. The molecule has 7 aromatic rings. The number of hydrogen-bond acceptors (Lipinski definition) is 3. The van der Waals surface area contributed by atoms with Crippen LogP contribution in [0.25, 0.3) is 11.1 Å². The molecule has 7 aromatic carbocycles. The molecule has 0 aromatic heterocycles. The second-order valence-corrected chi connectivity index (χ2v) is 13.6. The van der Waals surface area contributed by atoms with Crippen LogP contribution in [0.2, 0.25) is 0 Å². The van der Waals surface area contributed by atoms with E-state index in [2.05, 4.69) is 187 Å². The highest BCUT2D eigenvalue weighted by Crippen LogP contribution is 2.53. The minimum atomic E-state index is -0.166. The number of para-hydroxylation sites is 6. The zero-order valence-corrected chi connectivity index (χ0v) is 28.1. The lowest BCUT2D eigenvalue weighted by Gasteiger charge is -2.42. The van der Waals surface area contributed by atoms with E-state index in [9.17, 15) is 5.26 Å². The molecule has 50 heavy (non-hydrogen) atoms. The van der Waals surface area contributed by atoms with Gasteiger partial charge in [0.2, 0.25) is 6.71 Å². The van der Waals surface area contributed by atoms with Crippen molar-refractivity contribution in [1.29, 1.82) is 5.26 Å². The largest absolute Gasteiger partial charge is 0.312 e. The zero-order valence-electron chi connectivity index (χ0n) is 28.1. The monoisotopic (exact) mass is 639 g/mol. The zero-order chi connectivity index (χ0) is 33.8. The van der Waals surface area contributed by atoms with Crippen molar-refractivity contribution in [2.75, 3.05) is 9.80 Å². The molecule has 0 bridgehead atoms. The molecule has 236 valence electrons. The highest BCUT2D eigenvalue weighted by molar-refractivity contribution is 6.99. The fourth-order valence-electron chi connectivity index (χ4n) is 8.37. The fraction of sp³-hybridized carbons (Fsp3) is 0.0652. The Bertz CT molecular complexity index is 2360. The Morgan fingerprint density at radius 3 is 1.54 bits per heavy atom. The Balaban J connectivity index is 1.31. The van der Waals surface area contributed by atoms with Crippen molar-refractivity contribution >= 4 is 57.2 Å². The Hall–Kier alpha value is -6.31. The normalized spacial score (nSPS) is 13.8. The lowest BCUT2D eigenvalue weighted by molar-refractivity contribution is 0.632. The number of hydrogen-bond donors (Lipinski definition) is 0. The van der Waals surface area contributed by atoms with Gasteiger partial charge in [-0.1, -0.05) is 135 Å². The summed E-state index contributed by atoms with van der Waals surface area (Å²) in [6.45, 7) is 4.47. The third-order valence-corrected chi connectivity index (χ3v) is 10.6. The standard InChI is InChI=1S/C46H34BN3/c1-46(2)36-22-7-12-27-41(36)50(42-28-13-8-23-37(42)46)40-26-11-6-20-34(40)35-21-16-17-32(31-48)45(35)47-38-24-9-14-29-43(38)49(33-18-4-3-5-19-33)44-30-15-10-25-39(44)47/h3-30H,1-2H3. The molecule has 0 amide bonds. The molecule has 0 N–H and O–H groups in total. The van der Waals surface area contributed by atoms with Crippen molar-refractivity contribution in [3.8, 4) is 17.2 Å². The first-order valence-electron chi connectivity index (χ1n) is 17.2. The van der Waals surface area contributed by atoms with Crippen molar-refractivity contribution in [1.82, 2.24) is 0 Å². The summed E-state index contributed by atoms with van der Waals surface area (Å²) in [5, 5.41) is 10.8. The maximum Gasteiger partial charge on any atom is 0.249 e. The molecule has 4 heteroatoms. The number of nitriles is 1. The lowest BCUT2D eigenvalue weighted by Crippen LogP contribution is -2.58. The molecule has 0 saturated carbocycles. The van der Waals surface area contributed by atoms with Crippen molar-refractivity contribution in [3.63, 3.8) is 0 Å². The number of nitrogens with zero attached hydrogens (tertiary/aromatic N) is 3. The molecule has 0 spiro atoms. The smallest absolute Gasteiger partial charge is 0.249 e. The van der Waals surface area contributed by atoms with Crippen molar-refractivity contribution in [2.24, 2.45) is 0 Å². The first kappa shape index (κ1) is 29.8. The molecular weight excluding hydrogens is 605 g/mol. The van der Waals surface area contributed by atoms with Crippen LogP contribution in [-0.4, -0.2) is 6.71 Å². The third-order valence-electron chi connectivity index (χ3n) is 10.6. The minimum absolute atomic E-state index is 0.162. The maximum absolute atomic E-state index is 10.8. The van der Waals surface area contributed by atoms with Gasteiger partial charge in [0, 0.05) is 33.6 Å². The van der Waals surface area contributed by atoms with Crippen LogP contribution in [0.4, 0.5) is 34.1 Å². The van der Waals surface area contributed by atoms with E-state index in [0.717, 1.165) is 39.3 Å². The minimum Gasteiger partial charge on any atom is -0.312 e. The van der Waals surface area contributed by atoms with E-state index in [0.29, 0.717) is 5.56 Å². The van der Waals surface area contributed by atoms with Gasteiger partial charge in [-0.05, 0) is 81.6 Å². The van der Waals surface area contributed by atoms with E-state index in [1.54, 1.807) is 0 Å². The predicted octanol–water partition coefficient (Wildman–Crippen LogP) is 9.63. The Kier molecular flexibility index (Phi) is 6.97. The third kappa shape index (κ3) is 4.44. The number of fused-ring (bicyclic) bond motifs is 4. The van der Waals surface area contributed by atoms with Crippen LogP contribution in [0.1, 0.15) is 30.5 Å². The highest BCUT2D eigenvalue weighted by Gasteiger charge is 2.40. The quantitative estimate of drug-likeness (QED) is 0.180. The summed E-state index contributed by atoms with van der Waals surface area (Å²) in [5.41, 5.74) is 15.4. The van der Waals surface area contributed by atoms with Crippen LogP contribution >= 0.6 is 0 Å². The summed E-state index contributed by atoms with van der Waals surface area (Å²) in [5.74, 6) is 0. The second-order valence-electron chi connectivity index (χ2n) is 13.6. The summed E-state index contributed by atoms with van der Waals surface area (Å²) >= 11 is 0. The Labute approximate surface area is 294 Å². The molecule has 2 heterocycles. The fourth-order valence-corrected chi connectivity index (χ4v) is 8.37. The van der Waals surface area contributed by atoms with Crippen LogP contribution in [0.5, 0.6) is 0 Å². The van der Waals surface area contributed by atoms with Crippen molar-refractivity contribution < 1.29 is 0 Å². The Morgan fingerprint density at radius 1 is 0.460 bits per heavy atom. The number of benzene rings is 7. The lowest BCUT2D eigenvalue weighted by atomic mass is 9.33. The van der Waals surface area contributed by atoms with Crippen molar-refractivity contribution in [2.45, 2.75) is 19.3 Å². The van der Waals surface area contributed by atoms with E-state index in [1.807, 2.05) is 12.1 Å². The van der Waals surface area contributed by atoms with Gasteiger partial charge in [-0.2, -0.15) is 5.26 Å². The topological polar surface area (TPSA) is 30.3 Å². The molecule has 0 fully saturated rings. The van der Waals surface area contributed by atoms with Crippen LogP contribution in [0, 0.1) is 11.3 Å². The van der Waals surface area contributed by atoms with Gasteiger partial charge in [0.15, 0.2) is 0 Å². The summed E-state index contributed by atoms with van der Waals surface area (Å²) < 4.78 is 0. The summed E-state index contributed by atoms with van der Waals surface area (Å²) in [4.78, 5) is 4.78.